The highest BCUT2D eigenvalue weighted by molar-refractivity contribution is 7.16. The minimum atomic E-state index is -0.163. The van der Waals surface area contributed by atoms with Gasteiger partial charge in [-0.3, -0.25) is 19.0 Å². The summed E-state index contributed by atoms with van der Waals surface area (Å²) in [7, 11) is 0. The number of anilines is 1. The topological polar surface area (TPSA) is 110 Å². The molecule has 0 aliphatic carbocycles. The lowest BCUT2D eigenvalue weighted by Gasteiger charge is -2.31. The van der Waals surface area contributed by atoms with Gasteiger partial charge in [0.2, 0.25) is 11.8 Å². The van der Waals surface area contributed by atoms with Crippen LogP contribution in [0.15, 0.2) is 33.2 Å². The van der Waals surface area contributed by atoms with Crippen LogP contribution in [-0.4, -0.2) is 44.5 Å². The van der Waals surface area contributed by atoms with Crippen molar-refractivity contribution in [1.29, 1.82) is 0 Å². The number of likely N-dealkylation sites (tertiary alicyclic amines) is 1. The fourth-order valence-electron chi connectivity index (χ4n) is 3.47. The average molecular weight is 415 g/mol. The van der Waals surface area contributed by atoms with E-state index in [4.69, 9.17) is 4.52 Å². The largest absolute Gasteiger partial charge is 0.360 e. The average Bonchev–Trinajstić information content (AvgIpc) is 3.36. The van der Waals surface area contributed by atoms with E-state index < -0.39 is 0 Å². The zero-order valence-electron chi connectivity index (χ0n) is 16.0. The highest BCUT2D eigenvalue weighted by Gasteiger charge is 2.27. The summed E-state index contributed by atoms with van der Waals surface area (Å²) in [6.07, 6.45) is 2.91. The Morgan fingerprint density at radius 2 is 2.14 bits per heavy atom. The fourth-order valence-corrected chi connectivity index (χ4v) is 4.19. The van der Waals surface area contributed by atoms with Crippen molar-refractivity contribution in [2.45, 2.75) is 32.7 Å². The molecule has 0 atom stereocenters. The third-order valence-electron chi connectivity index (χ3n) is 5.11. The lowest BCUT2D eigenvalue weighted by Crippen LogP contribution is -2.42. The monoisotopic (exact) mass is 415 g/mol. The Morgan fingerprint density at radius 3 is 2.86 bits per heavy atom. The lowest BCUT2D eigenvalue weighted by atomic mass is 9.95. The molecule has 0 bridgehead atoms. The number of thiophene rings is 1. The van der Waals surface area contributed by atoms with Crippen molar-refractivity contribution in [3.8, 4) is 0 Å². The third kappa shape index (κ3) is 4.21. The maximum atomic E-state index is 12.5. The van der Waals surface area contributed by atoms with Crippen molar-refractivity contribution in [2.75, 3.05) is 18.4 Å². The molecule has 1 saturated heterocycles. The van der Waals surface area contributed by atoms with Crippen molar-refractivity contribution in [2.24, 2.45) is 5.92 Å². The van der Waals surface area contributed by atoms with E-state index in [1.165, 1.54) is 22.2 Å². The van der Waals surface area contributed by atoms with Gasteiger partial charge in [-0.1, -0.05) is 5.16 Å². The predicted octanol–water partition coefficient (Wildman–Crippen LogP) is 2.02. The molecule has 4 rings (SSSR count). The number of aromatic nitrogens is 3. The van der Waals surface area contributed by atoms with Gasteiger partial charge in [0.15, 0.2) is 5.82 Å². The minimum absolute atomic E-state index is 0.0201. The van der Waals surface area contributed by atoms with Gasteiger partial charge in [-0.25, -0.2) is 4.98 Å². The summed E-state index contributed by atoms with van der Waals surface area (Å²) in [5, 5.41) is 8.93. The first kappa shape index (κ1) is 19.3. The number of amides is 2. The van der Waals surface area contributed by atoms with Gasteiger partial charge in [0.25, 0.3) is 5.56 Å². The van der Waals surface area contributed by atoms with Gasteiger partial charge in [-0.15, -0.1) is 11.3 Å². The van der Waals surface area contributed by atoms with Crippen molar-refractivity contribution in [3.05, 3.63) is 40.0 Å². The quantitative estimate of drug-likeness (QED) is 0.683. The van der Waals surface area contributed by atoms with Crippen LogP contribution in [0.25, 0.3) is 10.2 Å². The standard InChI is InChI=1S/C19H21N5O4S/c1-12-10-15(22-28-12)21-17(26)13-2-6-23(7-3-13)16(25)4-8-24-11-20-18-14(19(24)27)5-9-29-18/h5,9-11,13H,2-4,6-8H2,1H3,(H,21,22,26). The molecule has 0 saturated carbocycles. The van der Waals surface area contributed by atoms with E-state index in [1.807, 2.05) is 5.38 Å². The Balaban J connectivity index is 1.28. The molecular weight excluding hydrogens is 394 g/mol. The Morgan fingerprint density at radius 1 is 1.34 bits per heavy atom. The smallest absolute Gasteiger partial charge is 0.262 e. The van der Waals surface area contributed by atoms with E-state index >= 15 is 0 Å². The molecule has 3 aromatic rings. The summed E-state index contributed by atoms with van der Waals surface area (Å²) in [4.78, 5) is 44.0. The number of hydrogen-bond donors (Lipinski definition) is 1. The highest BCUT2D eigenvalue weighted by atomic mass is 32.1. The third-order valence-corrected chi connectivity index (χ3v) is 5.94. The van der Waals surface area contributed by atoms with Gasteiger partial charge in [0, 0.05) is 38.0 Å². The first-order valence-corrected chi connectivity index (χ1v) is 10.3. The molecule has 1 N–H and O–H groups in total. The molecule has 0 radical (unpaired) electrons. The number of nitrogens with zero attached hydrogens (tertiary/aromatic N) is 4. The molecule has 0 spiro atoms. The zero-order chi connectivity index (χ0) is 20.4. The summed E-state index contributed by atoms with van der Waals surface area (Å²) < 4.78 is 6.43. The second-order valence-corrected chi connectivity index (χ2v) is 7.99. The van der Waals surface area contributed by atoms with Gasteiger partial charge in [-0.2, -0.15) is 0 Å². The molecule has 1 fully saturated rings. The van der Waals surface area contributed by atoms with E-state index in [0.29, 0.717) is 54.3 Å². The Kier molecular flexibility index (Phi) is 5.43. The normalized spacial score (nSPS) is 15.0. The minimum Gasteiger partial charge on any atom is -0.360 e. The number of carbonyl (C=O) groups is 2. The summed E-state index contributed by atoms with van der Waals surface area (Å²) in [6.45, 7) is 3.09. The van der Waals surface area contributed by atoms with Crippen molar-refractivity contribution < 1.29 is 14.1 Å². The van der Waals surface area contributed by atoms with E-state index in [0.717, 1.165) is 0 Å². The van der Waals surface area contributed by atoms with Crippen LogP contribution in [0.4, 0.5) is 5.82 Å². The lowest BCUT2D eigenvalue weighted by molar-refractivity contribution is -0.134. The van der Waals surface area contributed by atoms with Crippen LogP contribution in [0, 0.1) is 12.8 Å². The van der Waals surface area contributed by atoms with Gasteiger partial charge in [0.1, 0.15) is 10.6 Å². The number of hydrogen-bond acceptors (Lipinski definition) is 7. The van der Waals surface area contributed by atoms with Gasteiger partial charge in [-0.05, 0) is 31.2 Å². The maximum absolute atomic E-state index is 12.5. The fraction of sp³-hybridized carbons (Fsp3) is 0.421. The van der Waals surface area contributed by atoms with Gasteiger partial charge < -0.3 is 14.7 Å². The Labute approximate surface area is 170 Å². The van der Waals surface area contributed by atoms with Gasteiger partial charge in [0.05, 0.1) is 11.7 Å². The number of carbonyl (C=O) groups excluding carboxylic acids is 2. The number of aryl methyl sites for hydroxylation is 2. The first-order valence-electron chi connectivity index (χ1n) is 9.46. The SMILES string of the molecule is Cc1cc(NC(=O)C2CCN(C(=O)CCn3cnc4sccc4c3=O)CC2)no1. The van der Waals surface area contributed by atoms with Gasteiger partial charge >= 0.3 is 0 Å². The van der Waals surface area contributed by atoms with E-state index in [1.54, 1.807) is 24.0 Å². The predicted molar refractivity (Wildman–Crippen MR) is 108 cm³/mol. The van der Waals surface area contributed by atoms with Crippen LogP contribution in [0.3, 0.4) is 0 Å². The molecule has 29 heavy (non-hydrogen) atoms. The molecular formula is C19H21N5O4S. The van der Waals surface area contributed by atoms with Crippen LogP contribution in [0.5, 0.6) is 0 Å². The molecule has 0 aromatic carbocycles. The molecule has 0 unspecified atom stereocenters. The summed E-state index contributed by atoms with van der Waals surface area (Å²) in [5.74, 6) is 0.755. The maximum Gasteiger partial charge on any atom is 0.262 e. The molecule has 3 aromatic heterocycles. The molecule has 2 amide bonds. The molecule has 10 heteroatoms. The van der Waals surface area contributed by atoms with Crippen LogP contribution < -0.4 is 10.9 Å². The van der Waals surface area contributed by atoms with Crippen molar-refractivity contribution >= 4 is 39.2 Å². The molecule has 1 aliphatic rings. The number of fused-ring (bicyclic) bond motifs is 1. The number of piperidine rings is 1. The van der Waals surface area contributed by atoms with Crippen molar-refractivity contribution in [3.63, 3.8) is 0 Å². The summed E-state index contributed by atoms with van der Waals surface area (Å²) >= 11 is 1.42. The second kappa shape index (κ2) is 8.16. The molecule has 9 nitrogen and oxygen atoms in total. The van der Waals surface area contributed by atoms with E-state index in [-0.39, 0.29) is 29.7 Å². The van der Waals surface area contributed by atoms with Crippen LogP contribution >= 0.6 is 11.3 Å². The molecule has 1 aliphatic heterocycles. The van der Waals surface area contributed by atoms with E-state index in [2.05, 4.69) is 15.5 Å². The highest BCUT2D eigenvalue weighted by Crippen LogP contribution is 2.20. The number of rotatable bonds is 5. The van der Waals surface area contributed by atoms with E-state index in [9.17, 15) is 14.4 Å². The Bertz CT molecular complexity index is 1090. The Hall–Kier alpha value is -3.01. The first-order chi connectivity index (χ1) is 14.0. The molecule has 152 valence electrons. The second-order valence-electron chi connectivity index (χ2n) is 7.10. The zero-order valence-corrected chi connectivity index (χ0v) is 16.8. The van der Waals surface area contributed by atoms with Crippen LogP contribution in [0.1, 0.15) is 25.0 Å². The van der Waals surface area contributed by atoms with Crippen LogP contribution in [-0.2, 0) is 16.1 Å². The summed E-state index contributed by atoms with van der Waals surface area (Å²) in [6, 6.07) is 3.42. The number of nitrogens with one attached hydrogen (secondary N) is 1. The summed E-state index contributed by atoms with van der Waals surface area (Å²) in [5.41, 5.74) is -0.123. The molecule has 4 heterocycles. The van der Waals surface area contributed by atoms with Crippen LogP contribution in [0.2, 0.25) is 0 Å². The van der Waals surface area contributed by atoms with Crippen molar-refractivity contribution in [1.82, 2.24) is 19.6 Å².